The minimum atomic E-state index is 0.590. The molecule has 0 saturated carbocycles. The minimum Gasteiger partial charge on any atom is -0.492 e. The van der Waals surface area contributed by atoms with Crippen molar-refractivity contribution >= 4 is 23.0 Å². The second-order valence-electron chi connectivity index (χ2n) is 4.29. The SMILES string of the molecule is CN(CCOc1ccccc1)c1cc(Cl)ccc1N. The molecule has 2 aromatic carbocycles. The fraction of sp³-hybridized carbons (Fsp3) is 0.200. The van der Waals surface area contributed by atoms with Crippen LogP contribution in [0.3, 0.4) is 0 Å². The van der Waals surface area contributed by atoms with E-state index in [0.29, 0.717) is 17.3 Å². The molecule has 0 aliphatic heterocycles. The van der Waals surface area contributed by atoms with Crippen LogP contribution in [0.5, 0.6) is 5.75 Å². The second-order valence-corrected chi connectivity index (χ2v) is 4.72. The van der Waals surface area contributed by atoms with Gasteiger partial charge in [-0.3, -0.25) is 0 Å². The number of hydrogen-bond acceptors (Lipinski definition) is 3. The lowest BCUT2D eigenvalue weighted by molar-refractivity contribution is 0.326. The number of halogens is 1. The number of para-hydroxylation sites is 1. The fourth-order valence-corrected chi connectivity index (χ4v) is 1.95. The maximum atomic E-state index is 5.98. The van der Waals surface area contributed by atoms with E-state index in [9.17, 15) is 0 Å². The molecule has 0 spiro atoms. The Morgan fingerprint density at radius 1 is 1.16 bits per heavy atom. The molecular formula is C15H17ClN2O. The quantitative estimate of drug-likeness (QED) is 0.850. The van der Waals surface area contributed by atoms with Crippen LogP contribution < -0.4 is 15.4 Å². The van der Waals surface area contributed by atoms with Crippen molar-refractivity contribution in [1.29, 1.82) is 0 Å². The van der Waals surface area contributed by atoms with Gasteiger partial charge < -0.3 is 15.4 Å². The van der Waals surface area contributed by atoms with Gasteiger partial charge >= 0.3 is 0 Å². The van der Waals surface area contributed by atoms with E-state index in [4.69, 9.17) is 22.1 Å². The number of rotatable bonds is 5. The lowest BCUT2D eigenvalue weighted by atomic mass is 10.2. The van der Waals surface area contributed by atoms with Crippen molar-refractivity contribution in [2.24, 2.45) is 0 Å². The highest BCUT2D eigenvalue weighted by Gasteiger charge is 2.06. The number of nitrogens with zero attached hydrogens (tertiary/aromatic N) is 1. The van der Waals surface area contributed by atoms with E-state index in [0.717, 1.165) is 18.0 Å². The molecule has 0 aromatic heterocycles. The van der Waals surface area contributed by atoms with Crippen molar-refractivity contribution in [3.63, 3.8) is 0 Å². The van der Waals surface area contributed by atoms with Gasteiger partial charge in [-0.2, -0.15) is 0 Å². The Morgan fingerprint density at radius 3 is 2.63 bits per heavy atom. The number of nitrogen functional groups attached to an aromatic ring is 1. The Labute approximate surface area is 118 Å². The first kappa shape index (κ1) is 13.6. The summed E-state index contributed by atoms with van der Waals surface area (Å²) in [6, 6.07) is 15.2. The summed E-state index contributed by atoms with van der Waals surface area (Å²) in [6.07, 6.45) is 0. The van der Waals surface area contributed by atoms with Gasteiger partial charge in [-0.1, -0.05) is 29.8 Å². The molecule has 4 heteroatoms. The Hall–Kier alpha value is -1.87. The molecule has 0 atom stereocenters. The number of ether oxygens (including phenoxy) is 1. The second kappa shape index (κ2) is 6.34. The maximum absolute atomic E-state index is 5.98. The summed E-state index contributed by atoms with van der Waals surface area (Å²) in [6.45, 7) is 1.33. The molecule has 2 aromatic rings. The van der Waals surface area contributed by atoms with E-state index >= 15 is 0 Å². The van der Waals surface area contributed by atoms with Crippen molar-refractivity contribution < 1.29 is 4.74 Å². The van der Waals surface area contributed by atoms with Crippen molar-refractivity contribution in [2.75, 3.05) is 30.8 Å². The average molecular weight is 277 g/mol. The highest BCUT2D eigenvalue weighted by Crippen LogP contribution is 2.25. The van der Waals surface area contributed by atoms with E-state index in [2.05, 4.69) is 0 Å². The minimum absolute atomic E-state index is 0.590. The van der Waals surface area contributed by atoms with Gasteiger partial charge in [0.25, 0.3) is 0 Å². The van der Waals surface area contributed by atoms with Crippen LogP contribution in [0.1, 0.15) is 0 Å². The molecule has 0 unspecified atom stereocenters. The summed E-state index contributed by atoms with van der Waals surface area (Å²) >= 11 is 5.98. The van der Waals surface area contributed by atoms with Crippen molar-refractivity contribution in [3.8, 4) is 5.75 Å². The summed E-state index contributed by atoms with van der Waals surface area (Å²) in [5, 5.41) is 0.681. The van der Waals surface area contributed by atoms with E-state index in [-0.39, 0.29) is 0 Å². The van der Waals surface area contributed by atoms with Crippen LogP contribution in [-0.4, -0.2) is 20.2 Å². The maximum Gasteiger partial charge on any atom is 0.119 e. The predicted octanol–water partition coefficient (Wildman–Crippen LogP) is 3.44. The van der Waals surface area contributed by atoms with Gasteiger partial charge in [0.15, 0.2) is 0 Å². The molecule has 19 heavy (non-hydrogen) atoms. The standard InChI is InChI=1S/C15H17ClN2O/c1-18(15-11-12(16)7-8-14(15)17)9-10-19-13-5-3-2-4-6-13/h2-8,11H,9-10,17H2,1H3. The van der Waals surface area contributed by atoms with Crippen LogP contribution in [0.4, 0.5) is 11.4 Å². The lowest BCUT2D eigenvalue weighted by Gasteiger charge is -2.21. The summed E-state index contributed by atoms with van der Waals surface area (Å²) in [5.41, 5.74) is 7.57. The smallest absolute Gasteiger partial charge is 0.119 e. The van der Waals surface area contributed by atoms with Gasteiger partial charge in [0.1, 0.15) is 12.4 Å². The zero-order chi connectivity index (χ0) is 13.7. The zero-order valence-corrected chi connectivity index (χ0v) is 11.6. The van der Waals surface area contributed by atoms with Gasteiger partial charge in [0.2, 0.25) is 0 Å². The van der Waals surface area contributed by atoms with Crippen LogP contribution in [0.2, 0.25) is 5.02 Å². The zero-order valence-electron chi connectivity index (χ0n) is 10.8. The molecule has 0 aliphatic rings. The van der Waals surface area contributed by atoms with Gasteiger partial charge in [0.05, 0.1) is 17.9 Å². The molecule has 0 bridgehead atoms. The summed E-state index contributed by atoms with van der Waals surface area (Å²) < 4.78 is 5.65. The Balaban J connectivity index is 1.91. The first-order valence-electron chi connectivity index (χ1n) is 6.11. The van der Waals surface area contributed by atoms with Gasteiger partial charge in [-0.25, -0.2) is 0 Å². The van der Waals surface area contributed by atoms with Gasteiger partial charge in [0, 0.05) is 12.1 Å². The molecular weight excluding hydrogens is 260 g/mol. The van der Waals surface area contributed by atoms with Gasteiger partial charge in [-0.05, 0) is 30.3 Å². The first-order chi connectivity index (χ1) is 9.16. The highest BCUT2D eigenvalue weighted by atomic mass is 35.5. The Bertz CT molecular complexity index is 531. The topological polar surface area (TPSA) is 38.5 Å². The summed E-state index contributed by atoms with van der Waals surface area (Å²) in [5.74, 6) is 0.870. The van der Waals surface area contributed by atoms with E-state index in [1.54, 1.807) is 6.07 Å². The number of anilines is 2. The van der Waals surface area contributed by atoms with Gasteiger partial charge in [-0.15, -0.1) is 0 Å². The molecule has 0 aliphatic carbocycles. The van der Waals surface area contributed by atoms with Crippen LogP contribution in [0.25, 0.3) is 0 Å². The average Bonchev–Trinajstić information content (AvgIpc) is 2.42. The van der Waals surface area contributed by atoms with Crippen molar-refractivity contribution in [2.45, 2.75) is 0 Å². The number of benzene rings is 2. The molecule has 2 rings (SSSR count). The van der Waals surface area contributed by atoms with Crippen LogP contribution in [-0.2, 0) is 0 Å². The number of likely N-dealkylation sites (N-methyl/N-ethyl adjacent to an activating group) is 1. The van der Waals surface area contributed by atoms with Crippen LogP contribution >= 0.6 is 11.6 Å². The fourth-order valence-electron chi connectivity index (χ4n) is 1.79. The molecule has 0 heterocycles. The molecule has 0 radical (unpaired) electrons. The molecule has 0 fully saturated rings. The Morgan fingerprint density at radius 2 is 1.89 bits per heavy atom. The first-order valence-corrected chi connectivity index (χ1v) is 6.48. The van der Waals surface area contributed by atoms with E-state index in [1.165, 1.54) is 0 Å². The number of hydrogen-bond donors (Lipinski definition) is 1. The summed E-state index contributed by atoms with van der Waals surface area (Å²) in [4.78, 5) is 2.03. The largest absolute Gasteiger partial charge is 0.492 e. The van der Waals surface area contributed by atoms with Crippen molar-refractivity contribution in [3.05, 3.63) is 53.6 Å². The molecule has 0 amide bonds. The highest BCUT2D eigenvalue weighted by molar-refractivity contribution is 6.31. The van der Waals surface area contributed by atoms with E-state index in [1.807, 2.05) is 54.4 Å². The third kappa shape index (κ3) is 3.80. The van der Waals surface area contributed by atoms with E-state index < -0.39 is 0 Å². The Kier molecular flexibility index (Phi) is 4.53. The monoisotopic (exact) mass is 276 g/mol. The molecule has 3 nitrogen and oxygen atoms in total. The molecule has 100 valence electrons. The normalized spacial score (nSPS) is 10.2. The number of nitrogens with two attached hydrogens (primary N) is 1. The molecule has 0 saturated heterocycles. The predicted molar refractivity (Wildman–Crippen MR) is 81.1 cm³/mol. The lowest BCUT2D eigenvalue weighted by Crippen LogP contribution is -2.24. The third-order valence-corrected chi connectivity index (χ3v) is 3.08. The molecule has 2 N–H and O–H groups in total. The van der Waals surface area contributed by atoms with Crippen molar-refractivity contribution in [1.82, 2.24) is 0 Å². The summed E-state index contributed by atoms with van der Waals surface area (Å²) in [7, 11) is 1.97. The van der Waals surface area contributed by atoms with Crippen LogP contribution in [0, 0.1) is 0 Å². The third-order valence-electron chi connectivity index (χ3n) is 2.84. The van der Waals surface area contributed by atoms with Crippen LogP contribution in [0.15, 0.2) is 48.5 Å².